The third kappa shape index (κ3) is 9.88. The second kappa shape index (κ2) is 18.6. The molecule has 18 atom stereocenters. The summed E-state index contributed by atoms with van der Waals surface area (Å²) in [5.74, 6) is -1.73. The maximum atomic E-state index is 12.5. The van der Waals surface area contributed by atoms with E-state index in [0.29, 0.717) is 12.8 Å². The Morgan fingerprint density at radius 2 is 1.22 bits per heavy atom. The SMILES string of the molecule is O=C(C=CC1CCC(O)CC1)OC[C@H]1O[C@@H](OC2CC(O)CC3[OH+]C(C4CC(O)C(O)C(O)C4)C(O[C@@H]4O[C@H](CO)[C@@H](O)[C@H](O)[C@H]4O)CC23)[C@H](O)[C@@H](O)[C@@H]1O. The molecule has 0 aromatic carbocycles. The summed E-state index contributed by atoms with van der Waals surface area (Å²) in [6.45, 7) is -1.19. The summed E-state index contributed by atoms with van der Waals surface area (Å²) in [4.78, 5) is 12.5. The Morgan fingerprint density at radius 1 is 0.636 bits per heavy atom. The highest BCUT2D eigenvalue weighted by molar-refractivity contribution is 5.81. The summed E-state index contributed by atoms with van der Waals surface area (Å²) in [6.07, 6.45) is -18.5. The summed E-state index contributed by atoms with van der Waals surface area (Å²) in [7, 11) is 0. The zero-order valence-corrected chi connectivity index (χ0v) is 30.4. The fourth-order valence-corrected chi connectivity index (χ4v) is 9.11. The molecule has 55 heavy (non-hydrogen) atoms. The molecule has 0 bridgehead atoms. The first kappa shape index (κ1) is 43.1. The van der Waals surface area contributed by atoms with Crippen LogP contribution in [0.2, 0.25) is 0 Å². The number of carbonyl (C=O) groups is 1. The van der Waals surface area contributed by atoms with Gasteiger partial charge in [-0.1, -0.05) is 6.08 Å². The van der Waals surface area contributed by atoms with Crippen LogP contribution in [-0.4, -0.2) is 202 Å². The van der Waals surface area contributed by atoms with Crippen LogP contribution >= 0.6 is 0 Å². The topological polar surface area (TPSA) is 319 Å². The van der Waals surface area contributed by atoms with E-state index in [0.717, 1.165) is 12.8 Å². The van der Waals surface area contributed by atoms with Crippen LogP contribution in [-0.2, 0) is 28.5 Å². The van der Waals surface area contributed by atoms with Crippen LogP contribution in [0.25, 0.3) is 0 Å². The molecule has 3 aliphatic heterocycles. The third-order valence-electron chi connectivity index (χ3n) is 12.4. The fraction of sp³-hybridized carbons (Fsp3) is 0.917. The summed E-state index contributed by atoms with van der Waals surface area (Å²) < 4.78 is 34.2. The van der Waals surface area contributed by atoms with E-state index in [9.17, 15) is 66.1 Å². The number of hydrogen-bond acceptors (Lipinski definition) is 18. The quantitative estimate of drug-likeness (QED) is 0.0559. The van der Waals surface area contributed by atoms with Gasteiger partial charge in [0.1, 0.15) is 67.6 Å². The van der Waals surface area contributed by atoms with Gasteiger partial charge in [0.05, 0.1) is 43.0 Å². The number of rotatable bonds is 10. The lowest BCUT2D eigenvalue weighted by Crippen LogP contribution is -2.64. The molecular weight excluding hydrogens is 736 g/mol. The lowest BCUT2D eigenvalue weighted by Gasteiger charge is -2.50. The average Bonchev–Trinajstić information content (AvgIpc) is 3.16. The smallest absolute Gasteiger partial charge is 0.330 e. The molecule has 0 spiro atoms. The predicted octanol–water partition coefficient (Wildman–Crippen LogP) is -5.05. The van der Waals surface area contributed by atoms with E-state index in [2.05, 4.69) is 0 Å². The van der Waals surface area contributed by atoms with Crippen LogP contribution < -0.4 is 0 Å². The number of aliphatic hydroxyl groups excluding tert-OH is 12. The Balaban J connectivity index is 1.16. The van der Waals surface area contributed by atoms with Crippen molar-refractivity contribution in [3.8, 4) is 0 Å². The predicted molar refractivity (Wildman–Crippen MR) is 182 cm³/mol. The van der Waals surface area contributed by atoms with E-state index < -0.39 is 141 Å². The van der Waals surface area contributed by atoms with E-state index in [1.165, 1.54) is 6.08 Å². The van der Waals surface area contributed by atoms with Crippen molar-refractivity contribution in [2.75, 3.05) is 13.2 Å². The van der Waals surface area contributed by atoms with Crippen LogP contribution in [0.3, 0.4) is 0 Å². The Kier molecular flexibility index (Phi) is 14.6. The first-order chi connectivity index (χ1) is 26.1. The van der Waals surface area contributed by atoms with Crippen molar-refractivity contribution in [3.63, 3.8) is 0 Å². The minimum atomic E-state index is -1.77. The molecule has 316 valence electrons. The van der Waals surface area contributed by atoms with Crippen LogP contribution in [0.5, 0.6) is 0 Å². The number of ether oxygens (including phenoxy) is 6. The minimum absolute atomic E-state index is 0.0229. The van der Waals surface area contributed by atoms with E-state index in [1.54, 1.807) is 6.08 Å². The van der Waals surface area contributed by atoms with Gasteiger partial charge in [0.2, 0.25) is 0 Å². The summed E-state index contributed by atoms with van der Waals surface area (Å²) in [5, 5.41) is 126. The van der Waals surface area contributed by atoms with Crippen molar-refractivity contribution >= 4 is 5.97 Å². The van der Waals surface area contributed by atoms with Crippen LogP contribution in [0.15, 0.2) is 12.2 Å². The molecule has 6 aliphatic rings. The highest BCUT2D eigenvalue weighted by atomic mass is 16.7. The Bertz CT molecular complexity index is 1250. The molecule has 3 heterocycles. The van der Waals surface area contributed by atoms with Crippen LogP contribution in [0.1, 0.15) is 57.8 Å². The van der Waals surface area contributed by atoms with E-state index in [-0.39, 0.29) is 44.1 Å². The third-order valence-corrected chi connectivity index (χ3v) is 12.4. The average molecular weight is 796 g/mol. The van der Waals surface area contributed by atoms with Crippen molar-refractivity contribution in [2.45, 2.75) is 174 Å². The monoisotopic (exact) mass is 795 g/mol. The minimum Gasteiger partial charge on any atom is -0.460 e. The van der Waals surface area contributed by atoms with Gasteiger partial charge in [-0.25, -0.2) is 4.79 Å². The number of allylic oxidation sites excluding steroid dienone is 1. The number of carbonyl (C=O) groups excluding carboxylic acids is 1. The normalized spacial score (nSPS) is 51.1. The zero-order chi connectivity index (χ0) is 39.7. The molecule has 19 nitrogen and oxygen atoms in total. The van der Waals surface area contributed by atoms with Gasteiger partial charge in [0.15, 0.2) is 24.8 Å². The summed E-state index contributed by atoms with van der Waals surface area (Å²) >= 11 is 0. The second-order valence-electron chi connectivity index (χ2n) is 16.2. The fourth-order valence-electron chi connectivity index (χ4n) is 9.11. The van der Waals surface area contributed by atoms with Gasteiger partial charge in [-0.15, -0.1) is 0 Å². The first-order valence-electron chi connectivity index (χ1n) is 19.4. The Hall–Kier alpha value is -1.47. The van der Waals surface area contributed by atoms with Crippen molar-refractivity contribution < 1.29 is 94.5 Å². The number of hydrogen-bond donors (Lipinski definition) is 12. The molecule has 3 saturated heterocycles. The maximum absolute atomic E-state index is 12.5. The molecule has 0 aromatic heterocycles. The van der Waals surface area contributed by atoms with Gasteiger partial charge in [-0.3, -0.25) is 0 Å². The van der Waals surface area contributed by atoms with Gasteiger partial charge in [-0.05, 0) is 50.9 Å². The molecule has 3 aliphatic carbocycles. The highest BCUT2D eigenvalue weighted by Crippen LogP contribution is 2.44. The molecule has 0 amide bonds. The highest BCUT2D eigenvalue weighted by Gasteiger charge is 2.57. The maximum Gasteiger partial charge on any atom is 0.330 e. The largest absolute Gasteiger partial charge is 0.460 e. The van der Waals surface area contributed by atoms with Crippen molar-refractivity contribution in [2.24, 2.45) is 17.8 Å². The van der Waals surface area contributed by atoms with Gasteiger partial charge < -0.3 is 89.7 Å². The second-order valence-corrected chi connectivity index (χ2v) is 16.2. The first-order valence-corrected chi connectivity index (χ1v) is 19.4. The molecule has 0 aromatic rings. The molecule has 19 heteroatoms. The Labute approximate surface area is 317 Å². The van der Waals surface area contributed by atoms with E-state index in [1.807, 2.05) is 0 Å². The molecular formula is C36H59O19+. The van der Waals surface area contributed by atoms with Gasteiger partial charge in [0, 0.05) is 24.8 Å². The number of esters is 1. The molecule has 13 N–H and O–H groups in total. The molecule has 6 rings (SSSR count). The molecule has 6 fully saturated rings. The van der Waals surface area contributed by atoms with Gasteiger partial charge in [-0.2, -0.15) is 0 Å². The lowest BCUT2D eigenvalue weighted by atomic mass is 9.72. The van der Waals surface area contributed by atoms with E-state index in [4.69, 9.17) is 28.4 Å². The van der Waals surface area contributed by atoms with E-state index >= 15 is 0 Å². The van der Waals surface area contributed by atoms with Gasteiger partial charge >= 0.3 is 5.97 Å². The summed E-state index contributed by atoms with van der Waals surface area (Å²) in [5.41, 5.74) is 0. The molecule has 8 unspecified atom stereocenters. The molecule has 3 saturated carbocycles. The van der Waals surface area contributed by atoms with Crippen molar-refractivity contribution in [1.82, 2.24) is 0 Å². The van der Waals surface area contributed by atoms with Crippen molar-refractivity contribution in [3.05, 3.63) is 12.2 Å². The number of fused-ring (bicyclic) bond motifs is 1. The van der Waals surface area contributed by atoms with Gasteiger partial charge in [0.25, 0.3) is 0 Å². The summed E-state index contributed by atoms with van der Waals surface area (Å²) in [6, 6.07) is 0. The van der Waals surface area contributed by atoms with Crippen LogP contribution in [0.4, 0.5) is 0 Å². The lowest BCUT2D eigenvalue weighted by molar-refractivity contribution is -0.368. The Morgan fingerprint density at radius 3 is 1.84 bits per heavy atom. The van der Waals surface area contributed by atoms with Crippen molar-refractivity contribution in [1.29, 1.82) is 0 Å². The molecule has 0 radical (unpaired) electrons. The zero-order valence-electron chi connectivity index (χ0n) is 30.4. The number of aliphatic hydroxyl groups is 14. The standard InChI is InChI=1S/C36H58O19/c37-12-24-28(44)30(46)32(48)36(54-24)53-23-11-18-21(51-34(23)15-7-19(40)27(43)20(41)8-15)9-17(39)10-22(18)52-35-33(49)31(47)29(45)25(55-35)13-50-26(42)6-3-14-1-4-16(38)5-2-14/h3,6,14-25,27-41,43-49H,1-2,4-5,7-13H2/p+1/t14?,15?,16?,17?,18?,19?,20?,21?,22?,23?,24-,25-,27?,28-,29-,30+,31+,32-,33-,34?,35-,36-/m1/s1. The van der Waals surface area contributed by atoms with Crippen LogP contribution in [0, 0.1) is 17.8 Å².